The summed E-state index contributed by atoms with van der Waals surface area (Å²) in [5.41, 5.74) is -0.192. The van der Waals surface area contributed by atoms with Gasteiger partial charge in [-0.25, -0.2) is 9.18 Å². The molecule has 0 bridgehead atoms. The summed E-state index contributed by atoms with van der Waals surface area (Å²) in [7, 11) is 0. The van der Waals surface area contributed by atoms with E-state index in [1.807, 2.05) is 0 Å². The van der Waals surface area contributed by atoms with Gasteiger partial charge in [0.05, 0.1) is 0 Å². The highest BCUT2D eigenvalue weighted by molar-refractivity contribution is 5.87. The minimum absolute atomic E-state index is 0.342. The van der Waals surface area contributed by atoms with Gasteiger partial charge in [-0.1, -0.05) is 12.1 Å². The number of aromatic nitrogens is 1. The predicted octanol–water partition coefficient (Wildman–Crippen LogP) is 1.88. The Labute approximate surface area is 95.4 Å². The van der Waals surface area contributed by atoms with Crippen molar-refractivity contribution < 1.29 is 14.3 Å². The highest BCUT2D eigenvalue weighted by Gasteiger charge is 2.09. The fraction of sp³-hybridized carbons (Fsp3) is 0. The van der Waals surface area contributed by atoms with Crippen LogP contribution in [0.15, 0.2) is 41.2 Å². The number of rotatable bonds is 2. The molecule has 0 saturated carbocycles. The molecule has 17 heavy (non-hydrogen) atoms. The molecule has 0 spiro atoms. The van der Waals surface area contributed by atoms with Gasteiger partial charge in [-0.3, -0.25) is 4.79 Å². The van der Waals surface area contributed by atoms with Crippen molar-refractivity contribution in [3.63, 3.8) is 0 Å². The quantitative estimate of drug-likeness (QED) is 0.831. The van der Waals surface area contributed by atoms with Crippen LogP contribution in [0.25, 0.3) is 11.3 Å². The Kier molecular flexibility index (Phi) is 2.74. The molecule has 0 atom stereocenters. The first-order valence-electron chi connectivity index (χ1n) is 4.80. The van der Waals surface area contributed by atoms with Crippen molar-refractivity contribution >= 4 is 5.97 Å². The van der Waals surface area contributed by atoms with Crippen molar-refractivity contribution in [2.75, 3.05) is 0 Å². The summed E-state index contributed by atoms with van der Waals surface area (Å²) < 4.78 is 13.0. The van der Waals surface area contributed by atoms with E-state index in [0.717, 1.165) is 0 Å². The second kappa shape index (κ2) is 4.21. The van der Waals surface area contributed by atoms with Gasteiger partial charge in [-0.2, -0.15) is 0 Å². The Morgan fingerprint density at radius 3 is 2.59 bits per heavy atom. The van der Waals surface area contributed by atoms with Crippen LogP contribution >= 0.6 is 0 Å². The maximum absolute atomic E-state index is 13.0. The van der Waals surface area contributed by atoms with E-state index in [-0.39, 0.29) is 5.56 Å². The van der Waals surface area contributed by atoms with Crippen LogP contribution in [0, 0.1) is 5.82 Å². The number of nitrogens with one attached hydrogen (secondary N) is 1. The highest BCUT2D eigenvalue weighted by Crippen LogP contribution is 2.16. The number of benzene rings is 1. The topological polar surface area (TPSA) is 70.2 Å². The Morgan fingerprint density at radius 1 is 1.24 bits per heavy atom. The van der Waals surface area contributed by atoms with Gasteiger partial charge < -0.3 is 10.1 Å². The van der Waals surface area contributed by atoms with Gasteiger partial charge in [0.25, 0.3) is 5.56 Å². The normalized spacial score (nSPS) is 10.2. The number of hydrogen-bond donors (Lipinski definition) is 2. The molecule has 2 aromatic rings. The highest BCUT2D eigenvalue weighted by atomic mass is 19.1. The standard InChI is InChI=1S/C12H8FNO3/c13-8-3-1-2-7(6-8)10-5-4-9(12(16)17)11(15)14-10/h1-6H,(H,14,15)(H,16,17). The van der Waals surface area contributed by atoms with Gasteiger partial charge in [-0.05, 0) is 24.3 Å². The number of hydrogen-bond acceptors (Lipinski definition) is 2. The van der Waals surface area contributed by atoms with Crippen molar-refractivity contribution in [1.29, 1.82) is 0 Å². The molecular weight excluding hydrogens is 225 g/mol. The van der Waals surface area contributed by atoms with Crippen LogP contribution in [0.3, 0.4) is 0 Å². The zero-order chi connectivity index (χ0) is 12.4. The van der Waals surface area contributed by atoms with Crippen molar-refractivity contribution in [3.8, 4) is 11.3 Å². The van der Waals surface area contributed by atoms with Gasteiger partial charge in [-0.15, -0.1) is 0 Å². The van der Waals surface area contributed by atoms with Gasteiger partial charge in [0.15, 0.2) is 0 Å². The largest absolute Gasteiger partial charge is 0.477 e. The molecule has 1 heterocycles. The van der Waals surface area contributed by atoms with Crippen LogP contribution in [-0.2, 0) is 0 Å². The summed E-state index contributed by atoms with van der Waals surface area (Å²) in [6.07, 6.45) is 0. The Morgan fingerprint density at radius 2 is 2.00 bits per heavy atom. The molecule has 0 saturated heterocycles. The van der Waals surface area contributed by atoms with E-state index in [1.54, 1.807) is 6.07 Å². The van der Waals surface area contributed by atoms with E-state index in [9.17, 15) is 14.0 Å². The third-order valence-corrected chi connectivity index (χ3v) is 2.28. The van der Waals surface area contributed by atoms with Crippen LogP contribution in [0.4, 0.5) is 4.39 Å². The van der Waals surface area contributed by atoms with Crippen molar-refractivity contribution in [3.05, 3.63) is 58.1 Å². The van der Waals surface area contributed by atoms with Crippen molar-refractivity contribution in [2.45, 2.75) is 0 Å². The number of carbonyl (C=O) groups is 1. The lowest BCUT2D eigenvalue weighted by molar-refractivity contribution is 0.0695. The van der Waals surface area contributed by atoms with Gasteiger partial charge in [0.1, 0.15) is 11.4 Å². The lowest BCUT2D eigenvalue weighted by Crippen LogP contribution is -2.17. The fourth-order valence-electron chi connectivity index (χ4n) is 1.47. The Bertz CT molecular complexity index is 634. The first kappa shape index (κ1) is 11.1. The zero-order valence-electron chi connectivity index (χ0n) is 8.61. The predicted molar refractivity (Wildman–Crippen MR) is 59.4 cm³/mol. The summed E-state index contributed by atoms with van der Waals surface area (Å²) in [6, 6.07) is 8.29. The maximum Gasteiger partial charge on any atom is 0.341 e. The maximum atomic E-state index is 13.0. The number of halogens is 1. The molecular formula is C12H8FNO3. The van der Waals surface area contributed by atoms with Crippen LogP contribution in [-0.4, -0.2) is 16.1 Å². The van der Waals surface area contributed by atoms with Crippen LogP contribution < -0.4 is 5.56 Å². The second-order valence-electron chi connectivity index (χ2n) is 3.43. The molecule has 0 aliphatic heterocycles. The molecule has 4 nitrogen and oxygen atoms in total. The van der Waals surface area contributed by atoms with Crippen molar-refractivity contribution in [2.24, 2.45) is 0 Å². The van der Waals surface area contributed by atoms with Crippen molar-refractivity contribution in [1.82, 2.24) is 4.98 Å². The first-order valence-corrected chi connectivity index (χ1v) is 4.80. The fourth-order valence-corrected chi connectivity index (χ4v) is 1.47. The number of carboxylic acid groups (broad SMARTS) is 1. The lowest BCUT2D eigenvalue weighted by Gasteiger charge is -2.02. The van der Waals surface area contributed by atoms with E-state index >= 15 is 0 Å². The van der Waals surface area contributed by atoms with Crippen LogP contribution in [0.1, 0.15) is 10.4 Å². The molecule has 1 aromatic carbocycles. The summed E-state index contributed by atoms with van der Waals surface area (Å²) in [5, 5.41) is 8.69. The zero-order valence-corrected chi connectivity index (χ0v) is 8.61. The summed E-state index contributed by atoms with van der Waals surface area (Å²) >= 11 is 0. The smallest absolute Gasteiger partial charge is 0.341 e. The molecule has 2 N–H and O–H groups in total. The lowest BCUT2D eigenvalue weighted by atomic mass is 10.1. The summed E-state index contributed by atoms with van der Waals surface area (Å²) in [6.45, 7) is 0. The molecule has 1 aromatic heterocycles. The Balaban J connectivity index is 2.52. The molecule has 2 rings (SSSR count). The molecule has 86 valence electrons. The Hall–Kier alpha value is -2.43. The van der Waals surface area contributed by atoms with Gasteiger partial charge in [0.2, 0.25) is 0 Å². The second-order valence-corrected chi connectivity index (χ2v) is 3.43. The molecule has 5 heteroatoms. The van der Waals surface area contributed by atoms with Crippen LogP contribution in [0.2, 0.25) is 0 Å². The first-order chi connectivity index (χ1) is 8.08. The number of aromatic carboxylic acids is 1. The number of aromatic amines is 1. The van der Waals surface area contributed by atoms with E-state index in [0.29, 0.717) is 11.3 Å². The molecule has 0 radical (unpaired) electrons. The van der Waals surface area contributed by atoms with E-state index in [2.05, 4.69) is 4.98 Å². The molecule has 0 aliphatic rings. The molecule has 0 amide bonds. The summed E-state index contributed by atoms with van der Waals surface area (Å²) in [4.78, 5) is 24.5. The minimum atomic E-state index is -1.29. The van der Waals surface area contributed by atoms with E-state index in [1.165, 1.54) is 30.3 Å². The molecule has 0 aliphatic carbocycles. The minimum Gasteiger partial charge on any atom is -0.477 e. The van der Waals surface area contributed by atoms with E-state index in [4.69, 9.17) is 5.11 Å². The third-order valence-electron chi connectivity index (χ3n) is 2.28. The number of pyridine rings is 1. The third kappa shape index (κ3) is 2.23. The average Bonchev–Trinajstić information content (AvgIpc) is 2.28. The van der Waals surface area contributed by atoms with Crippen LogP contribution in [0.5, 0.6) is 0 Å². The van der Waals surface area contributed by atoms with E-state index < -0.39 is 17.3 Å². The van der Waals surface area contributed by atoms with Gasteiger partial charge >= 0.3 is 5.97 Å². The molecule has 0 fully saturated rings. The summed E-state index contributed by atoms with van der Waals surface area (Å²) in [5.74, 6) is -1.72. The monoisotopic (exact) mass is 233 g/mol. The number of H-pyrrole nitrogens is 1. The number of carboxylic acids is 1. The van der Waals surface area contributed by atoms with Gasteiger partial charge in [0, 0.05) is 11.3 Å². The average molecular weight is 233 g/mol. The molecule has 0 unspecified atom stereocenters. The SMILES string of the molecule is O=C(O)c1ccc(-c2cccc(F)c2)[nH]c1=O.